The molecule has 2 aliphatic rings. The van der Waals surface area contributed by atoms with Crippen LogP contribution in [0.1, 0.15) is 156 Å². The predicted octanol–water partition coefficient (Wildman–Crippen LogP) is 13.6. The normalized spacial score (nSPS) is 15.8. The summed E-state index contributed by atoms with van der Waals surface area (Å²) < 4.78 is 109. The van der Waals surface area contributed by atoms with E-state index >= 15 is 0 Å². The van der Waals surface area contributed by atoms with Crippen LogP contribution in [-0.4, -0.2) is 145 Å². The molecule has 2 unspecified atom stereocenters. The number of nitrogens with zero attached hydrogens (tertiary/aromatic N) is 2. The van der Waals surface area contributed by atoms with E-state index in [1.54, 1.807) is 59.7 Å². The molecule has 24 heteroatoms. The van der Waals surface area contributed by atoms with Crippen molar-refractivity contribution in [1.29, 1.82) is 0 Å². The van der Waals surface area contributed by atoms with Gasteiger partial charge in [0.1, 0.15) is 22.7 Å². The first-order valence-corrected chi connectivity index (χ1v) is 41.8. The van der Waals surface area contributed by atoms with Crippen molar-refractivity contribution in [3.05, 3.63) is 73.7 Å². The largest absolute Gasteiger partial charge is 0.443 e. The van der Waals surface area contributed by atoms with Gasteiger partial charge in [-0.3, -0.25) is 0 Å². The van der Waals surface area contributed by atoms with Gasteiger partial charge in [-0.25, -0.2) is 23.5 Å². The Kier molecular flexibility index (Phi) is 29.4. The van der Waals surface area contributed by atoms with Crippen LogP contribution >= 0.6 is 22.6 Å². The maximum absolute atomic E-state index is 13.4. The molecule has 4 heterocycles. The van der Waals surface area contributed by atoms with Crippen LogP contribution in [0, 0.1) is 3.70 Å². The van der Waals surface area contributed by atoms with Crippen molar-refractivity contribution in [2.45, 2.75) is 189 Å². The first-order valence-electron chi connectivity index (χ1n) is 29.6. The molecular weight excluding hydrogens is 1370 g/mol. The molecular formula is C62H93IN2O18S2Sn. The number of benzene rings is 2. The molecule has 0 amide bonds. The molecule has 2 atom stereocenters. The van der Waals surface area contributed by atoms with E-state index in [-0.39, 0.29) is 53.4 Å². The molecule has 0 spiro atoms. The maximum Gasteiger partial charge on any atom is 0.419 e. The second-order valence-corrected chi connectivity index (χ2v) is 41.0. The average molecular weight is 1460 g/mol. The van der Waals surface area contributed by atoms with Gasteiger partial charge in [0, 0.05) is 36.1 Å². The van der Waals surface area contributed by atoms with E-state index in [4.69, 9.17) is 46.3 Å². The molecule has 0 aliphatic carbocycles. The first-order chi connectivity index (χ1) is 40.3. The molecule has 2 saturated heterocycles. The molecule has 4 aromatic rings. The second-order valence-electron chi connectivity index (χ2n) is 23.5. The molecule has 2 fully saturated rings. The van der Waals surface area contributed by atoms with Crippen molar-refractivity contribution in [3.63, 3.8) is 0 Å². The Bertz CT molecular complexity index is 3160. The van der Waals surface area contributed by atoms with Gasteiger partial charge in [-0.15, -0.1) is 0 Å². The average Bonchev–Trinajstić information content (AvgIpc) is 1.64. The van der Waals surface area contributed by atoms with Crippen LogP contribution in [0.2, 0.25) is 13.3 Å². The van der Waals surface area contributed by atoms with E-state index in [0.717, 1.165) is 65.6 Å². The predicted molar refractivity (Wildman–Crippen MR) is 344 cm³/mol. The van der Waals surface area contributed by atoms with Gasteiger partial charge < -0.3 is 41.5 Å². The molecule has 6 rings (SSSR count). The molecule has 0 bridgehead atoms. The van der Waals surface area contributed by atoms with E-state index in [9.17, 15) is 36.0 Å². The number of hydrogen-bond acceptors (Lipinski definition) is 18. The zero-order valence-electron chi connectivity index (χ0n) is 52.8. The first kappa shape index (κ1) is 74.2. The fourth-order valence-electron chi connectivity index (χ4n) is 10.1. The smallest absolute Gasteiger partial charge is 0.419 e. The minimum absolute atomic E-state index is 0.000875. The summed E-state index contributed by atoms with van der Waals surface area (Å²) in [5.74, 6) is -0.722. The van der Waals surface area contributed by atoms with Crippen LogP contribution in [0.25, 0.3) is 27.4 Å². The number of carbonyl (C=O) groups excluding carboxylic acids is 4. The van der Waals surface area contributed by atoms with Gasteiger partial charge in [-0.1, -0.05) is 6.58 Å². The number of methoxy groups -OCH3 is 2. The van der Waals surface area contributed by atoms with Gasteiger partial charge in [0.15, 0.2) is 12.6 Å². The van der Waals surface area contributed by atoms with E-state index in [0.29, 0.717) is 52.8 Å². The molecule has 482 valence electrons. The van der Waals surface area contributed by atoms with Gasteiger partial charge in [0.05, 0.1) is 58.8 Å². The van der Waals surface area contributed by atoms with E-state index in [2.05, 4.69) is 56.5 Å². The number of unbranched alkanes of at least 4 members (excludes halogenated alkanes) is 3. The Morgan fingerprint density at radius 3 is 1.42 bits per heavy atom. The maximum atomic E-state index is 13.4. The van der Waals surface area contributed by atoms with Crippen LogP contribution in [0.5, 0.6) is 11.5 Å². The molecule has 20 nitrogen and oxygen atoms in total. The summed E-state index contributed by atoms with van der Waals surface area (Å²) >= 11 is -0.465. The molecule has 2 aromatic heterocycles. The van der Waals surface area contributed by atoms with Crippen LogP contribution in [0.4, 0.5) is 9.59 Å². The number of ether oxygens (including phenoxy) is 8. The monoisotopic (exact) mass is 1460 g/mol. The number of carbonyl (C=O) groups is 4. The summed E-state index contributed by atoms with van der Waals surface area (Å²) in [4.78, 5) is 50.8. The summed E-state index contributed by atoms with van der Waals surface area (Å²) in [5.41, 5.74) is 0.915. The topological polar surface area (TPSA) is 239 Å². The van der Waals surface area contributed by atoms with Gasteiger partial charge in [0.2, 0.25) is 0 Å². The number of aromatic nitrogens is 2. The molecule has 0 saturated carbocycles. The number of fused-ring (bicyclic) bond motifs is 2. The molecule has 2 aromatic carbocycles. The SMILES string of the molecule is C=C(C(=O)OC)c1c(CCOC2CCCCO2)c2ccc(OS(C)(=O)=O)cc2n1C(=O)OC(C)(C)C.C=[C](C(=O)OC)[Sn]([CH2]CCC)([CH2]CCC)[CH2]CCC.CC(C)(C)OC(=O)n1c(I)c(CCOC2CCCCO2)c2ccc(OS(C)(=O)=O)cc21. The van der Waals surface area contributed by atoms with Crippen molar-refractivity contribution < 1.29 is 82.3 Å². The number of esters is 2. The fraction of sp³-hybridized carbons (Fsp3) is 0.613. The summed E-state index contributed by atoms with van der Waals surface area (Å²) in [6, 6.07) is 9.37. The summed E-state index contributed by atoms with van der Waals surface area (Å²) in [7, 11) is -4.81. The van der Waals surface area contributed by atoms with Crippen LogP contribution in [0.3, 0.4) is 0 Å². The van der Waals surface area contributed by atoms with Crippen molar-refractivity contribution in [3.8, 4) is 11.5 Å². The molecule has 0 radical (unpaired) electrons. The van der Waals surface area contributed by atoms with Gasteiger partial charge in [-0.05, 0) is 151 Å². The zero-order chi connectivity index (χ0) is 64.2. The molecule has 86 heavy (non-hydrogen) atoms. The summed E-state index contributed by atoms with van der Waals surface area (Å²) in [6.07, 6.45) is 14.1. The zero-order valence-corrected chi connectivity index (χ0v) is 59.5. The van der Waals surface area contributed by atoms with E-state index in [1.807, 2.05) is 0 Å². The number of rotatable bonds is 25. The van der Waals surface area contributed by atoms with Gasteiger partial charge in [-0.2, -0.15) is 16.8 Å². The Morgan fingerprint density at radius 2 is 1.03 bits per heavy atom. The third kappa shape index (κ3) is 23.0. The molecule has 2 aliphatic heterocycles. The second kappa shape index (κ2) is 34.1. The van der Waals surface area contributed by atoms with Crippen LogP contribution in [0.15, 0.2) is 53.1 Å². The quantitative estimate of drug-likeness (QED) is 0.0150. The summed E-state index contributed by atoms with van der Waals surface area (Å²) in [5, 5.41) is 1.39. The fourth-order valence-corrected chi connectivity index (χ4v) is 27.1. The van der Waals surface area contributed by atoms with Crippen LogP contribution in [-0.2, 0) is 80.6 Å². The van der Waals surface area contributed by atoms with E-state index < -0.39 is 68.0 Å². The summed E-state index contributed by atoms with van der Waals surface area (Å²) in [6.45, 7) is 27.3. The van der Waals surface area contributed by atoms with Crippen molar-refractivity contribution >= 4 is 113 Å². The van der Waals surface area contributed by atoms with Gasteiger partial charge >= 0.3 is 162 Å². The minimum atomic E-state index is -3.82. The number of hydrogen-bond donors (Lipinski definition) is 0. The van der Waals surface area contributed by atoms with Crippen molar-refractivity contribution in [2.24, 2.45) is 0 Å². The Hall–Kier alpha value is -4.25. The third-order valence-corrected chi connectivity index (χ3v) is 31.7. The van der Waals surface area contributed by atoms with Crippen molar-refractivity contribution in [2.75, 3.05) is 53.2 Å². The van der Waals surface area contributed by atoms with Crippen molar-refractivity contribution in [1.82, 2.24) is 9.13 Å². The number of halogens is 1. The molecule has 0 N–H and O–H groups in total. The minimum Gasteiger partial charge on any atom is -0.443 e. The Balaban J connectivity index is 0.000000290. The Labute approximate surface area is 527 Å². The van der Waals surface area contributed by atoms with E-state index in [1.165, 1.54) is 93.4 Å². The van der Waals surface area contributed by atoms with Gasteiger partial charge in [0.25, 0.3) is 0 Å². The standard InChI is InChI=1S/C25H33NO9S.C21H28INO7S.C4H5O2.3C4H9.Sn/c1-16(23(27)31-5)22-19(12-14-33-21-9-7-8-13-32-21)18-11-10-17(35-36(6,29)30)15-20(18)26(22)24(28)34-25(2,3)4;1-21(2,3)29-20(24)23-17-13-14(30-31(4,25)26)8-9-15(17)16(19(23)22)10-12-28-18-7-5-6-11-27-18;1-3-4(5)6-2;3*1-3-4-2;/h10-11,15,21H,1,7-9,12-14H2,2-6H3;8-9,13,18H,5-7,10-12H2,1-4H3;1H2,2H3;3*1,3-4H2,2H3;. The van der Waals surface area contributed by atoms with Crippen LogP contribution < -0.4 is 8.37 Å². The Morgan fingerprint density at radius 1 is 0.628 bits per heavy atom. The third-order valence-electron chi connectivity index (χ3n) is 14.1.